The van der Waals surface area contributed by atoms with E-state index in [9.17, 15) is 0 Å². The molecule has 2 aliphatic heterocycles. The van der Waals surface area contributed by atoms with E-state index >= 15 is 0 Å². The molecule has 116 valence electrons. The summed E-state index contributed by atoms with van der Waals surface area (Å²) in [6, 6.07) is 0. The molecular weight excluding hydrogens is 250 g/mol. The molecule has 3 fully saturated rings. The minimum Gasteiger partial charge on any atom is -0.381 e. The maximum absolute atomic E-state index is 6.99. The molecule has 20 heavy (non-hydrogen) atoms. The molecule has 3 aliphatic rings. The van der Waals surface area contributed by atoms with Crippen LogP contribution in [0.15, 0.2) is 0 Å². The van der Waals surface area contributed by atoms with Crippen LogP contribution in [0.1, 0.15) is 64.7 Å². The molecule has 1 aliphatic carbocycles. The lowest BCUT2D eigenvalue weighted by molar-refractivity contribution is -0.159. The number of ether oxygens (including phenoxy) is 2. The van der Waals surface area contributed by atoms with Crippen LogP contribution in [0.25, 0.3) is 0 Å². The van der Waals surface area contributed by atoms with E-state index in [1.54, 1.807) is 0 Å². The van der Waals surface area contributed by atoms with Crippen molar-refractivity contribution in [2.45, 2.75) is 75.9 Å². The van der Waals surface area contributed by atoms with Crippen LogP contribution in [0.2, 0.25) is 0 Å². The van der Waals surface area contributed by atoms with Gasteiger partial charge in [-0.15, -0.1) is 0 Å². The standard InChI is InChI=1S/C17H31NO2/c1-2-14-5-3-4-7-17(14,18)15-6-10-20-16(13-15)8-11-19-12-9-16/h14-15H,2-13,18H2,1H3. The van der Waals surface area contributed by atoms with Gasteiger partial charge in [-0.05, 0) is 50.4 Å². The number of hydrogen-bond donors (Lipinski definition) is 1. The van der Waals surface area contributed by atoms with Crippen molar-refractivity contribution in [2.24, 2.45) is 17.6 Å². The molecule has 2 heterocycles. The van der Waals surface area contributed by atoms with Crippen molar-refractivity contribution in [3.63, 3.8) is 0 Å². The van der Waals surface area contributed by atoms with E-state index in [2.05, 4.69) is 6.92 Å². The second kappa shape index (κ2) is 5.94. The highest BCUT2D eigenvalue weighted by Gasteiger charge is 2.48. The first-order valence-corrected chi connectivity index (χ1v) is 8.69. The van der Waals surface area contributed by atoms with Crippen LogP contribution in [-0.4, -0.2) is 31.0 Å². The Bertz CT molecular complexity index is 321. The van der Waals surface area contributed by atoms with Gasteiger partial charge >= 0.3 is 0 Å². The summed E-state index contributed by atoms with van der Waals surface area (Å²) in [5, 5.41) is 0. The van der Waals surface area contributed by atoms with E-state index in [0.717, 1.165) is 45.0 Å². The van der Waals surface area contributed by atoms with Crippen molar-refractivity contribution in [2.75, 3.05) is 19.8 Å². The molecule has 1 saturated carbocycles. The fourth-order valence-corrected chi connectivity index (χ4v) is 4.99. The highest BCUT2D eigenvalue weighted by molar-refractivity contribution is 5.03. The molecule has 3 atom stereocenters. The maximum atomic E-state index is 6.99. The van der Waals surface area contributed by atoms with E-state index in [0.29, 0.717) is 5.92 Å². The summed E-state index contributed by atoms with van der Waals surface area (Å²) in [5.41, 5.74) is 7.15. The summed E-state index contributed by atoms with van der Waals surface area (Å²) in [4.78, 5) is 0. The second-order valence-electron chi connectivity index (χ2n) is 7.30. The number of rotatable bonds is 2. The average Bonchev–Trinajstić information content (AvgIpc) is 2.48. The number of hydrogen-bond acceptors (Lipinski definition) is 3. The van der Waals surface area contributed by atoms with Crippen LogP contribution in [0.5, 0.6) is 0 Å². The first-order chi connectivity index (χ1) is 9.69. The summed E-state index contributed by atoms with van der Waals surface area (Å²) in [7, 11) is 0. The van der Waals surface area contributed by atoms with E-state index in [4.69, 9.17) is 15.2 Å². The SMILES string of the molecule is CCC1CCCCC1(N)C1CCOC2(CCOCC2)C1. The fraction of sp³-hybridized carbons (Fsp3) is 1.00. The molecule has 0 bridgehead atoms. The van der Waals surface area contributed by atoms with Gasteiger partial charge in [-0.2, -0.15) is 0 Å². The van der Waals surface area contributed by atoms with Crippen molar-refractivity contribution >= 4 is 0 Å². The Kier molecular flexibility index (Phi) is 4.40. The first kappa shape index (κ1) is 14.8. The maximum Gasteiger partial charge on any atom is 0.0729 e. The van der Waals surface area contributed by atoms with Gasteiger partial charge in [-0.3, -0.25) is 0 Å². The van der Waals surface area contributed by atoms with Gasteiger partial charge in [0.25, 0.3) is 0 Å². The summed E-state index contributed by atoms with van der Waals surface area (Å²) in [6.45, 7) is 4.95. The van der Waals surface area contributed by atoms with Crippen LogP contribution in [-0.2, 0) is 9.47 Å². The quantitative estimate of drug-likeness (QED) is 0.845. The molecule has 2 N–H and O–H groups in total. The molecule has 3 rings (SSSR count). The summed E-state index contributed by atoms with van der Waals surface area (Å²) < 4.78 is 11.7. The Morgan fingerprint density at radius 2 is 1.85 bits per heavy atom. The Morgan fingerprint density at radius 3 is 2.60 bits per heavy atom. The van der Waals surface area contributed by atoms with Crippen molar-refractivity contribution < 1.29 is 9.47 Å². The molecule has 2 saturated heterocycles. The Hall–Kier alpha value is -0.120. The minimum absolute atomic E-state index is 0.0715. The largest absolute Gasteiger partial charge is 0.381 e. The predicted octanol–water partition coefficient (Wildman–Crippen LogP) is 3.26. The number of nitrogens with two attached hydrogens (primary N) is 1. The third-order valence-electron chi connectivity index (χ3n) is 6.32. The van der Waals surface area contributed by atoms with Crippen LogP contribution in [0.3, 0.4) is 0 Å². The normalized spacial score (nSPS) is 41.7. The molecule has 0 aromatic rings. The van der Waals surface area contributed by atoms with Gasteiger partial charge in [0.1, 0.15) is 0 Å². The van der Waals surface area contributed by atoms with Crippen LogP contribution >= 0.6 is 0 Å². The molecule has 3 nitrogen and oxygen atoms in total. The lowest BCUT2D eigenvalue weighted by Gasteiger charge is -2.52. The average molecular weight is 281 g/mol. The smallest absolute Gasteiger partial charge is 0.0729 e. The van der Waals surface area contributed by atoms with Crippen LogP contribution < -0.4 is 5.73 Å². The molecule has 0 aromatic carbocycles. The zero-order valence-corrected chi connectivity index (χ0v) is 13.0. The first-order valence-electron chi connectivity index (χ1n) is 8.69. The third kappa shape index (κ3) is 2.65. The molecule has 3 heteroatoms. The van der Waals surface area contributed by atoms with Gasteiger partial charge in [-0.1, -0.05) is 26.2 Å². The molecule has 0 radical (unpaired) electrons. The molecule has 0 aromatic heterocycles. The third-order valence-corrected chi connectivity index (χ3v) is 6.32. The molecule has 0 amide bonds. The van der Waals surface area contributed by atoms with E-state index in [-0.39, 0.29) is 11.1 Å². The van der Waals surface area contributed by atoms with Gasteiger partial charge in [0.2, 0.25) is 0 Å². The van der Waals surface area contributed by atoms with E-state index < -0.39 is 0 Å². The van der Waals surface area contributed by atoms with Gasteiger partial charge in [-0.25, -0.2) is 0 Å². The minimum atomic E-state index is 0.0715. The zero-order chi connectivity index (χ0) is 14.1. The summed E-state index contributed by atoms with van der Waals surface area (Å²) in [6.07, 6.45) is 11.0. The molecular formula is C17H31NO2. The lowest BCUT2D eigenvalue weighted by Crippen LogP contribution is -2.59. The topological polar surface area (TPSA) is 44.5 Å². The van der Waals surface area contributed by atoms with E-state index in [1.165, 1.54) is 38.5 Å². The van der Waals surface area contributed by atoms with Crippen molar-refractivity contribution in [3.8, 4) is 0 Å². The van der Waals surface area contributed by atoms with E-state index in [1.807, 2.05) is 0 Å². The second-order valence-corrected chi connectivity index (χ2v) is 7.30. The lowest BCUT2D eigenvalue weighted by atomic mass is 9.61. The highest BCUT2D eigenvalue weighted by atomic mass is 16.5. The van der Waals surface area contributed by atoms with Crippen LogP contribution in [0.4, 0.5) is 0 Å². The van der Waals surface area contributed by atoms with Gasteiger partial charge in [0, 0.05) is 25.4 Å². The van der Waals surface area contributed by atoms with Crippen molar-refractivity contribution in [3.05, 3.63) is 0 Å². The van der Waals surface area contributed by atoms with Gasteiger partial charge < -0.3 is 15.2 Å². The van der Waals surface area contributed by atoms with Gasteiger partial charge in [0.05, 0.1) is 5.60 Å². The summed E-state index contributed by atoms with van der Waals surface area (Å²) >= 11 is 0. The predicted molar refractivity (Wildman–Crippen MR) is 80.6 cm³/mol. The monoisotopic (exact) mass is 281 g/mol. The summed E-state index contributed by atoms with van der Waals surface area (Å²) in [5.74, 6) is 1.37. The molecule has 3 unspecified atom stereocenters. The Labute approximate surface area is 123 Å². The van der Waals surface area contributed by atoms with Crippen LogP contribution in [0, 0.1) is 11.8 Å². The zero-order valence-electron chi connectivity index (χ0n) is 13.0. The van der Waals surface area contributed by atoms with Crippen molar-refractivity contribution in [1.82, 2.24) is 0 Å². The Morgan fingerprint density at radius 1 is 1.05 bits per heavy atom. The highest BCUT2D eigenvalue weighted by Crippen LogP contribution is 2.47. The Balaban J connectivity index is 1.74. The van der Waals surface area contributed by atoms with Crippen molar-refractivity contribution in [1.29, 1.82) is 0 Å². The van der Waals surface area contributed by atoms with Gasteiger partial charge in [0.15, 0.2) is 0 Å². The fourth-order valence-electron chi connectivity index (χ4n) is 4.99. The molecule has 1 spiro atoms.